The SMILES string of the molecule is CCCCc1c2c(nc3cc(F)c(C)cc13)-c1cc(C(O)C=O)c(COC)c(=O)n1C2. The van der Waals surface area contributed by atoms with E-state index in [-0.39, 0.29) is 29.1 Å². The van der Waals surface area contributed by atoms with E-state index in [9.17, 15) is 19.1 Å². The molecule has 0 amide bonds. The molecule has 0 spiro atoms. The quantitative estimate of drug-likeness (QED) is 0.459. The number of aliphatic hydroxyl groups excluding tert-OH is 1. The third-order valence-electron chi connectivity index (χ3n) is 5.99. The molecule has 1 aliphatic rings. The molecule has 3 aromatic rings. The lowest BCUT2D eigenvalue weighted by Crippen LogP contribution is -2.26. The molecule has 2 aromatic heterocycles. The number of methoxy groups -OCH3 is 1. The number of aliphatic hydroxyl groups is 1. The zero-order valence-electron chi connectivity index (χ0n) is 17.9. The largest absolute Gasteiger partial charge is 0.381 e. The molecule has 1 unspecified atom stereocenters. The fraction of sp³-hybridized carbons (Fsp3) is 0.375. The molecular formula is C24H25FN2O4. The summed E-state index contributed by atoms with van der Waals surface area (Å²) in [6, 6.07) is 4.89. The molecule has 4 rings (SSSR count). The van der Waals surface area contributed by atoms with Crippen molar-refractivity contribution in [3.8, 4) is 11.4 Å². The standard InChI is InChI=1S/C24H25FN2O4/c1-4-5-6-14-15-7-13(2)19(25)9-20(15)26-23-17(14)10-27-21(23)8-16(22(29)11-28)18(12-31-3)24(27)30/h7-9,11,22,29H,4-6,10,12H2,1-3H3. The van der Waals surface area contributed by atoms with Crippen LogP contribution in [0.25, 0.3) is 22.3 Å². The minimum Gasteiger partial charge on any atom is -0.381 e. The van der Waals surface area contributed by atoms with Crippen LogP contribution in [0.5, 0.6) is 0 Å². The van der Waals surface area contributed by atoms with Gasteiger partial charge in [0, 0.05) is 35.3 Å². The summed E-state index contributed by atoms with van der Waals surface area (Å²) in [6.07, 6.45) is 1.70. The highest BCUT2D eigenvalue weighted by Gasteiger charge is 2.29. The van der Waals surface area contributed by atoms with Gasteiger partial charge in [-0.1, -0.05) is 13.3 Å². The van der Waals surface area contributed by atoms with Crippen LogP contribution in [0.2, 0.25) is 0 Å². The normalized spacial score (nSPS) is 13.3. The number of benzene rings is 1. The number of hydrogen-bond acceptors (Lipinski definition) is 5. The van der Waals surface area contributed by atoms with E-state index in [4.69, 9.17) is 9.72 Å². The highest BCUT2D eigenvalue weighted by molar-refractivity contribution is 5.88. The van der Waals surface area contributed by atoms with Crippen LogP contribution >= 0.6 is 0 Å². The number of nitrogens with zero attached hydrogens (tertiary/aromatic N) is 2. The number of ether oxygens (including phenoxy) is 1. The van der Waals surface area contributed by atoms with E-state index in [1.165, 1.54) is 13.2 Å². The zero-order valence-corrected chi connectivity index (χ0v) is 17.9. The van der Waals surface area contributed by atoms with Crippen molar-refractivity contribution in [3.63, 3.8) is 0 Å². The first-order chi connectivity index (χ1) is 14.9. The van der Waals surface area contributed by atoms with Crippen molar-refractivity contribution in [2.75, 3.05) is 7.11 Å². The minimum absolute atomic E-state index is 0.0157. The van der Waals surface area contributed by atoms with E-state index in [1.807, 2.05) is 6.07 Å². The molecular weight excluding hydrogens is 399 g/mol. The van der Waals surface area contributed by atoms with Crippen LogP contribution in [0.4, 0.5) is 4.39 Å². The average molecular weight is 424 g/mol. The number of fused-ring (bicyclic) bond motifs is 4. The summed E-state index contributed by atoms with van der Waals surface area (Å²) in [5, 5.41) is 11.1. The predicted molar refractivity (Wildman–Crippen MR) is 116 cm³/mol. The van der Waals surface area contributed by atoms with E-state index >= 15 is 0 Å². The van der Waals surface area contributed by atoms with Gasteiger partial charge in [-0.25, -0.2) is 9.37 Å². The maximum absolute atomic E-state index is 14.3. The molecule has 6 nitrogen and oxygen atoms in total. The van der Waals surface area contributed by atoms with Gasteiger partial charge in [-0.2, -0.15) is 0 Å². The number of carbonyl (C=O) groups excluding carboxylic acids is 1. The third kappa shape index (κ3) is 3.47. The van der Waals surface area contributed by atoms with E-state index < -0.39 is 6.10 Å². The van der Waals surface area contributed by atoms with Crippen LogP contribution in [0.1, 0.15) is 53.7 Å². The topological polar surface area (TPSA) is 81.4 Å². The second-order valence-electron chi connectivity index (χ2n) is 8.01. The molecule has 0 saturated carbocycles. The molecule has 0 bridgehead atoms. The van der Waals surface area contributed by atoms with E-state index in [2.05, 4.69) is 6.92 Å². The highest BCUT2D eigenvalue weighted by atomic mass is 19.1. The number of carbonyl (C=O) groups is 1. The Labute approximate surface area is 179 Å². The van der Waals surface area contributed by atoms with Crippen LogP contribution in [0, 0.1) is 12.7 Å². The van der Waals surface area contributed by atoms with Crippen LogP contribution < -0.4 is 5.56 Å². The van der Waals surface area contributed by atoms with E-state index in [0.717, 1.165) is 35.8 Å². The molecule has 0 saturated heterocycles. The van der Waals surface area contributed by atoms with Gasteiger partial charge in [0.05, 0.1) is 30.1 Å². The fourth-order valence-corrected chi connectivity index (χ4v) is 4.37. The number of aryl methyl sites for hydroxylation is 2. The summed E-state index contributed by atoms with van der Waals surface area (Å²) in [5.74, 6) is -0.329. The van der Waals surface area contributed by atoms with Crippen molar-refractivity contribution in [1.82, 2.24) is 9.55 Å². The van der Waals surface area contributed by atoms with E-state index in [0.29, 0.717) is 35.3 Å². The van der Waals surface area contributed by atoms with Gasteiger partial charge in [-0.3, -0.25) is 4.79 Å². The molecule has 31 heavy (non-hydrogen) atoms. The Kier molecular flexibility index (Phi) is 5.73. The lowest BCUT2D eigenvalue weighted by molar-refractivity contribution is -0.115. The molecule has 3 heterocycles. The summed E-state index contributed by atoms with van der Waals surface area (Å²) < 4.78 is 21.1. The number of pyridine rings is 2. The summed E-state index contributed by atoms with van der Waals surface area (Å²) in [6.45, 7) is 4.17. The van der Waals surface area contributed by atoms with E-state index in [1.54, 1.807) is 17.6 Å². The Morgan fingerprint density at radius 3 is 2.77 bits per heavy atom. The van der Waals surface area contributed by atoms with Crippen molar-refractivity contribution >= 4 is 17.2 Å². The van der Waals surface area contributed by atoms with Crippen LogP contribution in [-0.4, -0.2) is 28.1 Å². The highest BCUT2D eigenvalue weighted by Crippen LogP contribution is 2.38. The zero-order chi connectivity index (χ0) is 22.3. The minimum atomic E-state index is -1.44. The van der Waals surface area contributed by atoms with Gasteiger partial charge in [0.1, 0.15) is 11.9 Å². The van der Waals surface area contributed by atoms with Crippen LogP contribution in [0.15, 0.2) is 23.0 Å². The van der Waals surface area contributed by atoms with Gasteiger partial charge in [-0.15, -0.1) is 0 Å². The van der Waals surface area contributed by atoms with Crippen molar-refractivity contribution < 1.29 is 19.0 Å². The smallest absolute Gasteiger partial charge is 0.257 e. The summed E-state index contributed by atoms with van der Waals surface area (Å²) >= 11 is 0. The van der Waals surface area contributed by atoms with Gasteiger partial charge in [-0.05, 0) is 43.0 Å². The molecule has 1 atom stereocenters. The van der Waals surface area contributed by atoms with Gasteiger partial charge in [0.15, 0.2) is 6.29 Å². The molecule has 1 N–H and O–H groups in total. The second-order valence-corrected chi connectivity index (χ2v) is 8.01. The van der Waals surface area contributed by atoms with Crippen molar-refractivity contribution in [2.24, 2.45) is 0 Å². The van der Waals surface area contributed by atoms with Crippen molar-refractivity contribution in [2.45, 2.75) is 52.4 Å². The van der Waals surface area contributed by atoms with Crippen LogP contribution in [-0.2, 0) is 29.1 Å². The molecule has 162 valence electrons. The van der Waals surface area contributed by atoms with Gasteiger partial charge in [0.25, 0.3) is 5.56 Å². The summed E-state index contributed by atoms with van der Waals surface area (Å²) in [5.41, 5.74) is 4.36. The summed E-state index contributed by atoms with van der Waals surface area (Å²) in [4.78, 5) is 29.2. The number of halogens is 1. The van der Waals surface area contributed by atoms with Gasteiger partial charge < -0.3 is 19.2 Å². The lowest BCUT2D eigenvalue weighted by Gasteiger charge is -2.14. The number of hydrogen-bond donors (Lipinski definition) is 1. The molecule has 1 aliphatic heterocycles. The lowest BCUT2D eigenvalue weighted by atomic mass is 9.95. The van der Waals surface area contributed by atoms with Crippen molar-refractivity contribution in [3.05, 3.63) is 62.2 Å². The molecule has 0 aliphatic carbocycles. The third-order valence-corrected chi connectivity index (χ3v) is 5.99. The first-order valence-corrected chi connectivity index (χ1v) is 10.4. The Bertz CT molecular complexity index is 1250. The maximum atomic E-state index is 14.3. The second kappa shape index (κ2) is 8.32. The molecule has 0 fully saturated rings. The molecule has 0 radical (unpaired) electrons. The van der Waals surface area contributed by atoms with Crippen LogP contribution in [0.3, 0.4) is 0 Å². The predicted octanol–water partition coefficient (Wildman–Crippen LogP) is 3.59. The Morgan fingerprint density at radius 1 is 1.32 bits per heavy atom. The average Bonchev–Trinajstić information content (AvgIpc) is 3.12. The Morgan fingerprint density at radius 2 is 2.10 bits per heavy atom. The number of rotatable bonds is 7. The Hall–Kier alpha value is -2.90. The maximum Gasteiger partial charge on any atom is 0.257 e. The van der Waals surface area contributed by atoms with Gasteiger partial charge in [0.2, 0.25) is 0 Å². The van der Waals surface area contributed by atoms with Gasteiger partial charge >= 0.3 is 0 Å². The number of aromatic nitrogens is 2. The number of unbranched alkanes of at least 4 members (excludes halogenated alkanes) is 1. The number of aldehydes is 1. The fourth-order valence-electron chi connectivity index (χ4n) is 4.37. The Balaban J connectivity index is 2.03. The monoisotopic (exact) mass is 424 g/mol. The van der Waals surface area contributed by atoms with Crippen molar-refractivity contribution in [1.29, 1.82) is 0 Å². The first kappa shape index (κ1) is 21.3. The molecule has 7 heteroatoms. The summed E-state index contributed by atoms with van der Waals surface area (Å²) in [7, 11) is 1.46. The molecule has 1 aromatic carbocycles. The first-order valence-electron chi connectivity index (χ1n) is 10.4.